The van der Waals surface area contributed by atoms with E-state index in [1.807, 2.05) is 32.9 Å². The molecule has 0 aliphatic rings. The summed E-state index contributed by atoms with van der Waals surface area (Å²) >= 11 is 0. The molecule has 9 heteroatoms. The molecule has 9 nitrogen and oxygen atoms in total. The van der Waals surface area contributed by atoms with Crippen molar-refractivity contribution in [2.45, 2.75) is 26.3 Å². The normalized spacial score (nSPS) is 11.0. The van der Waals surface area contributed by atoms with E-state index in [0.29, 0.717) is 22.9 Å². The fourth-order valence-electron chi connectivity index (χ4n) is 2.97. The molecule has 1 amide bonds. The van der Waals surface area contributed by atoms with Crippen molar-refractivity contribution in [3.8, 4) is 28.4 Å². The van der Waals surface area contributed by atoms with Gasteiger partial charge in [-0.05, 0) is 75.4 Å². The Labute approximate surface area is 191 Å². The number of methoxy groups -OCH3 is 1. The van der Waals surface area contributed by atoms with Gasteiger partial charge in [0.15, 0.2) is 5.69 Å². The molecule has 0 aliphatic carbocycles. The lowest BCUT2D eigenvalue weighted by molar-refractivity contribution is 0.0690. The molecule has 0 aliphatic heterocycles. The van der Waals surface area contributed by atoms with E-state index < -0.39 is 12.1 Å². The molecule has 0 bridgehead atoms. The number of hydrogen-bond acceptors (Lipinski definition) is 6. The summed E-state index contributed by atoms with van der Waals surface area (Å²) in [5.41, 5.74) is 1.65. The molecule has 2 aromatic carbocycles. The maximum atomic E-state index is 11.7. The predicted molar refractivity (Wildman–Crippen MR) is 122 cm³/mol. The third-order valence-corrected chi connectivity index (χ3v) is 4.46. The summed E-state index contributed by atoms with van der Waals surface area (Å²) < 4.78 is 17.5. The van der Waals surface area contributed by atoms with E-state index in [2.05, 4.69) is 10.4 Å². The second kappa shape index (κ2) is 10.1. The summed E-state index contributed by atoms with van der Waals surface area (Å²) in [4.78, 5) is 23.2. The van der Waals surface area contributed by atoms with Crippen LogP contribution in [-0.2, 0) is 4.74 Å². The van der Waals surface area contributed by atoms with Crippen LogP contribution in [0.15, 0.2) is 54.6 Å². The zero-order chi connectivity index (χ0) is 24.0. The highest BCUT2D eigenvalue weighted by Crippen LogP contribution is 2.27. The van der Waals surface area contributed by atoms with Gasteiger partial charge in [-0.15, -0.1) is 0 Å². The number of nitrogens with zero attached hydrogens (tertiary/aromatic N) is 2. The first-order chi connectivity index (χ1) is 15.7. The lowest BCUT2D eigenvalue weighted by atomic mass is 10.1. The lowest BCUT2D eigenvalue weighted by Gasteiger charge is -2.19. The number of carbonyl (C=O) groups is 2. The standard InChI is InChI=1S/C24H27N3O6/c1-24(2,3)25-23(30)33-14-13-32-19-9-5-16(6-10-19)21-15-20(22(28)29)26-27(21)17-7-11-18(31-4)12-8-17/h5-12,15H,13-14H2,1-4H3,(H,25,30)(H,28,29). The van der Waals surface area contributed by atoms with Crippen LogP contribution in [0.2, 0.25) is 0 Å². The largest absolute Gasteiger partial charge is 0.497 e. The quantitative estimate of drug-likeness (QED) is 0.493. The second-order valence-corrected chi connectivity index (χ2v) is 8.21. The van der Waals surface area contributed by atoms with Crippen LogP contribution < -0.4 is 14.8 Å². The topological polar surface area (TPSA) is 112 Å². The number of amides is 1. The van der Waals surface area contributed by atoms with E-state index >= 15 is 0 Å². The Morgan fingerprint density at radius 2 is 1.64 bits per heavy atom. The van der Waals surface area contributed by atoms with E-state index in [0.717, 1.165) is 5.56 Å². The minimum Gasteiger partial charge on any atom is -0.497 e. The van der Waals surface area contributed by atoms with Gasteiger partial charge >= 0.3 is 12.1 Å². The molecule has 0 atom stereocenters. The second-order valence-electron chi connectivity index (χ2n) is 8.21. The summed E-state index contributed by atoms with van der Waals surface area (Å²) in [7, 11) is 1.58. The molecule has 1 heterocycles. The summed E-state index contributed by atoms with van der Waals surface area (Å²) in [6.07, 6.45) is -0.498. The number of hydrogen-bond donors (Lipinski definition) is 2. The van der Waals surface area contributed by atoms with Gasteiger partial charge in [-0.2, -0.15) is 5.10 Å². The van der Waals surface area contributed by atoms with Crippen LogP contribution in [0.5, 0.6) is 11.5 Å². The summed E-state index contributed by atoms with van der Waals surface area (Å²) in [5, 5.41) is 16.3. The Bertz CT molecular complexity index is 1100. The highest BCUT2D eigenvalue weighted by molar-refractivity contribution is 5.87. The Hall–Kier alpha value is -4.01. The van der Waals surface area contributed by atoms with Gasteiger partial charge in [0, 0.05) is 11.1 Å². The summed E-state index contributed by atoms with van der Waals surface area (Å²) in [5.74, 6) is 0.166. The van der Waals surface area contributed by atoms with E-state index in [-0.39, 0.29) is 24.4 Å². The third kappa shape index (κ3) is 6.49. The van der Waals surface area contributed by atoms with Crippen LogP contribution >= 0.6 is 0 Å². The van der Waals surface area contributed by atoms with Crippen LogP contribution in [0.25, 0.3) is 16.9 Å². The van der Waals surface area contributed by atoms with Crippen molar-refractivity contribution < 1.29 is 28.9 Å². The highest BCUT2D eigenvalue weighted by atomic mass is 16.6. The Balaban J connectivity index is 1.69. The van der Waals surface area contributed by atoms with Gasteiger partial charge in [0.1, 0.15) is 24.7 Å². The zero-order valence-corrected chi connectivity index (χ0v) is 19.0. The van der Waals surface area contributed by atoms with Crippen LogP contribution in [0.3, 0.4) is 0 Å². The SMILES string of the molecule is COc1ccc(-n2nc(C(=O)O)cc2-c2ccc(OCCOC(=O)NC(C)(C)C)cc2)cc1. The number of alkyl carbamates (subject to hydrolysis) is 1. The number of nitrogens with one attached hydrogen (secondary N) is 1. The molecular formula is C24H27N3O6. The molecule has 3 rings (SSSR count). The van der Waals surface area contributed by atoms with Crippen LogP contribution in [-0.4, -0.2) is 52.8 Å². The monoisotopic (exact) mass is 453 g/mol. The molecule has 174 valence electrons. The van der Waals surface area contributed by atoms with E-state index in [1.54, 1.807) is 48.2 Å². The third-order valence-electron chi connectivity index (χ3n) is 4.46. The molecular weight excluding hydrogens is 426 g/mol. The number of aromatic nitrogens is 2. The molecule has 0 unspecified atom stereocenters. The van der Waals surface area contributed by atoms with E-state index in [4.69, 9.17) is 14.2 Å². The number of carbonyl (C=O) groups excluding carboxylic acids is 1. The average Bonchev–Trinajstić information content (AvgIpc) is 3.22. The highest BCUT2D eigenvalue weighted by Gasteiger charge is 2.17. The average molecular weight is 453 g/mol. The predicted octanol–water partition coefficient (Wildman–Crippen LogP) is 4.15. The van der Waals surface area contributed by atoms with Crippen LogP contribution in [0.4, 0.5) is 4.79 Å². The van der Waals surface area contributed by atoms with Crippen LogP contribution in [0, 0.1) is 0 Å². The molecule has 0 fully saturated rings. The molecule has 1 aromatic heterocycles. The maximum absolute atomic E-state index is 11.7. The van der Waals surface area contributed by atoms with Crippen molar-refractivity contribution in [1.82, 2.24) is 15.1 Å². The first kappa shape index (κ1) is 23.6. The molecule has 0 saturated carbocycles. The number of carboxylic acid groups (broad SMARTS) is 1. The number of benzene rings is 2. The van der Waals surface area contributed by atoms with Crippen molar-refractivity contribution >= 4 is 12.1 Å². The Kier molecular flexibility index (Phi) is 7.22. The molecule has 0 saturated heterocycles. The number of aromatic carboxylic acids is 1. The molecule has 0 spiro atoms. The number of rotatable bonds is 8. The van der Waals surface area contributed by atoms with Crippen molar-refractivity contribution in [1.29, 1.82) is 0 Å². The first-order valence-electron chi connectivity index (χ1n) is 10.3. The van der Waals surface area contributed by atoms with Gasteiger partial charge in [-0.3, -0.25) is 0 Å². The van der Waals surface area contributed by atoms with E-state index in [1.165, 1.54) is 6.07 Å². The Morgan fingerprint density at radius 1 is 1.00 bits per heavy atom. The van der Waals surface area contributed by atoms with Gasteiger partial charge in [0.25, 0.3) is 0 Å². The van der Waals surface area contributed by atoms with Crippen LogP contribution in [0.1, 0.15) is 31.3 Å². The van der Waals surface area contributed by atoms with Crippen molar-refractivity contribution in [3.05, 3.63) is 60.3 Å². The van der Waals surface area contributed by atoms with Crippen molar-refractivity contribution in [3.63, 3.8) is 0 Å². The fraction of sp³-hybridized carbons (Fsp3) is 0.292. The van der Waals surface area contributed by atoms with Gasteiger partial charge in [-0.25, -0.2) is 14.3 Å². The van der Waals surface area contributed by atoms with Gasteiger partial charge in [0.05, 0.1) is 18.5 Å². The van der Waals surface area contributed by atoms with Gasteiger partial charge in [0.2, 0.25) is 0 Å². The molecule has 33 heavy (non-hydrogen) atoms. The lowest BCUT2D eigenvalue weighted by Crippen LogP contribution is -2.41. The fourth-order valence-corrected chi connectivity index (χ4v) is 2.97. The van der Waals surface area contributed by atoms with Crippen molar-refractivity contribution in [2.75, 3.05) is 20.3 Å². The first-order valence-corrected chi connectivity index (χ1v) is 10.3. The number of ether oxygens (including phenoxy) is 3. The zero-order valence-electron chi connectivity index (χ0n) is 19.0. The summed E-state index contributed by atoms with van der Waals surface area (Å²) in [6.45, 7) is 5.91. The van der Waals surface area contributed by atoms with Gasteiger partial charge < -0.3 is 24.6 Å². The molecule has 3 aromatic rings. The van der Waals surface area contributed by atoms with Gasteiger partial charge in [-0.1, -0.05) is 0 Å². The minimum absolute atomic E-state index is 0.0631. The Morgan fingerprint density at radius 3 is 2.21 bits per heavy atom. The molecule has 2 N–H and O–H groups in total. The summed E-state index contributed by atoms with van der Waals surface area (Å²) in [6, 6.07) is 15.8. The maximum Gasteiger partial charge on any atom is 0.407 e. The smallest absolute Gasteiger partial charge is 0.407 e. The molecule has 0 radical (unpaired) electrons. The minimum atomic E-state index is -1.11. The van der Waals surface area contributed by atoms with Crippen molar-refractivity contribution in [2.24, 2.45) is 0 Å². The van der Waals surface area contributed by atoms with E-state index in [9.17, 15) is 14.7 Å². The number of carboxylic acids is 1.